The fraction of sp³-hybridized carbons (Fsp3) is 0.571. The van der Waals surface area contributed by atoms with Crippen molar-refractivity contribution in [3.05, 3.63) is 34.3 Å². The maximum absolute atomic E-state index is 3.66. The number of rotatable bonds is 3. The van der Waals surface area contributed by atoms with E-state index in [1.807, 2.05) is 0 Å². The average Bonchev–Trinajstić information content (AvgIpc) is 2.56. The Kier molecular flexibility index (Phi) is 4.86. The maximum Gasteiger partial charge on any atom is 0.0207 e. The van der Waals surface area contributed by atoms with Gasteiger partial charge in [-0.1, -0.05) is 47.0 Å². The monoisotopic (exact) mass is 281 g/mol. The van der Waals surface area contributed by atoms with E-state index >= 15 is 0 Å². The highest BCUT2D eigenvalue weighted by molar-refractivity contribution is 9.10. The van der Waals surface area contributed by atoms with Crippen molar-refractivity contribution in [3.63, 3.8) is 0 Å². The summed E-state index contributed by atoms with van der Waals surface area (Å²) in [5.74, 6) is 0. The van der Waals surface area contributed by atoms with Crippen molar-refractivity contribution in [2.45, 2.75) is 44.6 Å². The summed E-state index contributed by atoms with van der Waals surface area (Å²) in [7, 11) is 0. The van der Waals surface area contributed by atoms with Crippen molar-refractivity contribution < 1.29 is 0 Å². The van der Waals surface area contributed by atoms with Crippen molar-refractivity contribution in [2.75, 3.05) is 6.54 Å². The molecule has 1 unspecified atom stereocenters. The summed E-state index contributed by atoms with van der Waals surface area (Å²) in [6.45, 7) is 1.21. The smallest absolute Gasteiger partial charge is 0.0207 e. The molecule has 0 amide bonds. The highest BCUT2D eigenvalue weighted by Gasteiger charge is 2.11. The van der Waals surface area contributed by atoms with Gasteiger partial charge in [0.15, 0.2) is 0 Å². The lowest BCUT2D eigenvalue weighted by atomic mass is 10.0. The summed E-state index contributed by atoms with van der Waals surface area (Å²) < 4.78 is 1.25. The van der Waals surface area contributed by atoms with Gasteiger partial charge in [-0.2, -0.15) is 0 Å². The number of nitrogens with one attached hydrogen (secondary N) is 1. The molecule has 1 aliphatic heterocycles. The lowest BCUT2D eigenvalue weighted by molar-refractivity contribution is 0.478. The van der Waals surface area contributed by atoms with Gasteiger partial charge in [-0.05, 0) is 43.9 Å². The highest BCUT2D eigenvalue weighted by atomic mass is 79.9. The molecule has 0 spiro atoms. The second kappa shape index (κ2) is 6.41. The summed E-state index contributed by atoms with van der Waals surface area (Å²) in [4.78, 5) is 0. The Bertz CT molecular complexity index is 316. The van der Waals surface area contributed by atoms with Crippen LogP contribution in [0, 0.1) is 0 Å². The minimum absolute atomic E-state index is 0.731. The van der Waals surface area contributed by atoms with Crippen molar-refractivity contribution in [2.24, 2.45) is 0 Å². The van der Waals surface area contributed by atoms with Crippen LogP contribution in [0.15, 0.2) is 28.7 Å². The lowest BCUT2D eigenvalue weighted by Gasteiger charge is -2.15. The predicted molar refractivity (Wildman–Crippen MR) is 72.7 cm³/mol. The Morgan fingerprint density at radius 3 is 2.94 bits per heavy atom. The fourth-order valence-corrected chi connectivity index (χ4v) is 2.86. The maximum atomic E-state index is 3.66. The van der Waals surface area contributed by atoms with Crippen LogP contribution in [0.5, 0.6) is 0 Å². The molecule has 1 N–H and O–H groups in total. The molecule has 2 heteroatoms. The molecule has 1 nitrogen and oxygen atoms in total. The molecule has 0 bridgehead atoms. The number of benzene rings is 1. The molecule has 1 atom stereocenters. The van der Waals surface area contributed by atoms with Crippen LogP contribution in [0.2, 0.25) is 0 Å². The van der Waals surface area contributed by atoms with Gasteiger partial charge in [0.2, 0.25) is 0 Å². The minimum Gasteiger partial charge on any atom is -0.314 e. The quantitative estimate of drug-likeness (QED) is 0.886. The van der Waals surface area contributed by atoms with E-state index in [4.69, 9.17) is 0 Å². The van der Waals surface area contributed by atoms with Gasteiger partial charge in [0.05, 0.1) is 0 Å². The van der Waals surface area contributed by atoms with Crippen LogP contribution in [0.3, 0.4) is 0 Å². The molecule has 1 fully saturated rings. The normalized spacial score (nSPS) is 21.7. The van der Waals surface area contributed by atoms with Crippen molar-refractivity contribution in [1.82, 2.24) is 5.32 Å². The summed E-state index contributed by atoms with van der Waals surface area (Å²) in [5.41, 5.74) is 1.44. The van der Waals surface area contributed by atoms with Crippen LogP contribution < -0.4 is 5.32 Å². The van der Waals surface area contributed by atoms with Gasteiger partial charge in [-0.25, -0.2) is 0 Å². The molecule has 1 saturated heterocycles. The third-order valence-corrected chi connectivity index (χ3v) is 4.16. The molecule has 0 saturated carbocycles. The van der Waals surface area contributed by atoms with Gasteiger partial charge in [0, 0.05) is 10.5 Å². The first kappa shape index (κ1) is 12.1. The van der Waals surface area contributed by atoms with E-state index in [0.717, 1.165) is 6.04 Å². The zero-order valence-corrected chi connectivity index (χ0v) is 11.3. The van der Waals surface area contributed by atoms with E-state index in [1.54, 1.807) is 0 Å². The van der Waals surface area contributed by atoms with Crippen LogP contribution in [0.1, 0.15) is 37.7 Å². The predicted octanol–water partition coefficient (Wildman–Crippen LogP) is 3.91. The Morgan fingerprint density at radius 2 is 2.06 bits per heavy atom. The molecule has 1 aromatic rings. The summed E-state index contributed by atoms with van der Waals surface area (Å²) in [6.07, 6.45) is 7.95. The molecule has 0 radical (unpaired) electrons. The molecule has 0 aliphatic carbocycles. The first-order valence-electron chi connectivity index (χ1n) is 6.33. The van der Waals surface area contributed by atoms with E-state index in [0.29, 0.717) is 0 Å². The van der Waals surface area contributed by atoms with Crippen LogP contribution in [-0.2, 0) is 6.42 Å². The topological polar surface area (TPSA) is 12.0 Å². The second-order valence-electron chi connectivity index (χ2n) is 4.63. The van der Waals surface area contributed by atoms with Crippen LogP contribution >= 0.6 is 15.9 Å². The molecule has 0 aromatic heterocycles. The van der Waals surface area contributed by atoms with Crippen molar-refractivity contribution in [1.29, 1.82) is 0 Å². The Balaban J connectivity index is 1.84. The molecule has 1 heterocycles. The number of hydrogen-bond donors (Lipinski definition) is 1. The summed E-state index contributed by atoms with van der Waals surface area (Å²) in [5, 5.41) is 3.66. The lowest BCUT2D eigenvalue weighted by Crippen LogP contribution is -2.28. The van der Waals surface area contributed by atoms with E-state index in [1.165, 1.54) is 55.1 Å². The fourth-order valence-electron chi connectivity index (χ4n) is 2.38. The van der Waals surface area contributed by atoms with Crippen LogP contribution in [0.25, 0.3) is 0 Å². The number of hydrogen-bond acceptors (Lipinski definition) is 1. The van der Waals surface area contributed by atoms with Gasteiger partial charge in [0.1, 0.15) is 0 Å². The van der Waals surface area contributed by atoms with E-state index in [9.17, 15) is 0 Å². The van der Waals surface area contributed by atoms with E-state index in [2.05, 4.69) is 45.5 Å². The van der Waals surface area contributed by atoms with Gasteiger partial charge >= 0.3 is 0 Å². The third kappa shape index (κ3) is 3.60. The van der Waals surface area contributed by atoms with E-state index in [-0.39, 0.29) is 0 Å². The summed E-state index contributed by atoms with van der Waals surface area (Å²) >= 11 is 3.62. The molecule has 2 rings (SSSR count). The average molecular weight is 282 g/mol. The molecule has 1 aliphatic rings. The number of halogens is 1. The first-order chi connectivity index (χ1) is 7.86. The van der Waals surface area contributed by atoms with Crippen molar-refractivity contribution in [3.8, 4) is 0 Å². The molecule has 88 valence electrons. The number of aryl methyl sites for hydroxylation is 1. The first-order valence-corrected chi connectivity index (χ1v) is 7.12. The standard InChI is InChI=1S/C14H20BrN/c15-14-8-4-3-6-12(14)9-10-13-7-2-1-5-11-16-13/h3-4,6,8,13,16H,1-2,5,7,9-11H2. The van der Waals surface area contributed by atoms with Gasteiger partial charge in [-0.3, -0.25) is 0 Å². The molecule has 16 heavy (non-hydrogen) atoms. The summed E-state index contributed by atoms with van der Waals surface area (Å²) in [6, 6.07) is 9.30. The Labute approximate surface area is 107 Å². The SMILES string of the molecule is Brc1ccccc1CCC1CCCCCN1. The van der Waals surface area contributed by atoms with Gasteiger partial charge < -0.3 is 5.32 Å². The van der Waals surface area contributed by atoms with E-state index < -0.39 is 0 Å². The highest BCUT2D eigenvalue weighted by Crippen LogP contribution is 2.19. The van der Waals surface area contributed by atoms with Crippen LogP contribution in [-0.4, -0.2) is 12.6 Å². The zero-order chi connectivity index (χ0) is 11.2. The van der Waals surface area contributed by atoms with Gasteiger partial charge in [-0.15, -0.1) is 0 Å². The van der Waals surface area contributed by atoms with Crippen LogP contribution in [0.4, 0.5) is 0 Å². The Hall–Kier alpha value is -0.340. The van der Waals surface area contributed by atoms with Gasteiger partial charge in [0.25, 0.3) is 0 Å². The largest absolute Gasteiger partial charge is 0.314 e. The Morgan fingerprint density at radius 1 is 1.19 bits per heavy atom. The minimum atomic E-state index is 0.731. The molecular formula is C14H20BrN. The molecular weight excluding hydrogens is 262 g/mol. The second-order valence-corrected chi connectivity index (χ2v) is 5.48. The zero-order valence-electron chi connectivity index (χ0n) is 9.71. The van der Waals surface area contributed by atoms with Crippen molar-refractivity contribution >= 4 is 15.9 Å². The molecule has 1 aromatic carbocycles. The third-order valence-electron chi connectivity index (χ3n) is 3.38.